The van der Waals surface area contributed by atoms with E-state index in [0.29, 0.717) is 15.6 Å². The van der Waals surface area contributed by atoms with E-state index < -0.39 is 0 Å². The molecule has 4 nitrogen and oxygen atoms in total. The van der Waals surface area contributed by atoms with Crippen molar-refractivity contribution < 1.29 is 9.59 Å². The van der Waals surface area contributed by atoms with Crippen molar-refractivity contribution in [3.05, 3.63) is 99.0 Å². The quantitative estimate of drug-likeness (QED) is 0.424. The van der Waals surface area contributed by atoms with E-state index in [2.05, 4.69) is 12.2 Å². The minimum atomic E-state index is -0.363. The van der Waals surface area contributed by atoms with Gasteiger partial charge in [0.1, 0.15) is 10.6 Å². The van der Waals surface area contributed by atoms with Gasteiger partial charge in [-0.15, -0.1) is 0 Å². The summed E-state index contributed by atoms with van der Waals surface area (Å²) in [6.45, 7) is 5.98. The third-order valence-corrected chi connectivity index (χ3v) is 6.64. The minimum absolute atomic E-state index is 0.277. The fourth-order valence-corrected chi connectivity index (χ4v) is 4.63. The van der Waals surface area contributed by atoms with Crippen LogP contribution in [0.15, 0.2) is 82.2 Å². The van der Waals surface area contributed by atoms with Crippen molar-refractivity contribution >= 4 is 46.6 Å². The molecule has 0 atom stereocenters. The number of nitrogens with zero attached hydrogens (tertiary/aromatic N) is 1. The van der Waals surface area contributed by atoms with Crippen molar-refractivity contribution in [3.63, 3.8) is 0 Å². The lowest BCUT2D eigenvalue weighted by molar-refractivity contribution is -0.120. The number of carbonyl (C=O) groups excluding carboxylic acids is 2. The second-order valence-electron chi connectivity index (χ2n) is 7.67. The van der Waals surface area contributed by atoms with Gasteiger partial charge in [-0.2, -0.15) is 0 Å². The SMILES string of the molecule is CCc1ccc(NC2=C(Sc3ccc(Cl)cc3)C(=O)N(c3ccc(C)cc3C)C2=O)cc1. The van der Waals surface area contributed by atoms with E-state index in [4.69, 9.17) is 11.6 Å². The number of hydrogen-bond donors (Lipinski definition) is 1. The molecule has 1 N–H and O–H groups in total. The highest BCUT2D eigenvalue weighted by Crippen LogP contribution is 2.39. The molecule has 0 aliphatic carbocycles. The van der Waals surface area contributed by atoms with E-state index in [0.717, 1.165) is 28.1 Å². The topological polar surface area (TPSA) is 49.4 Å². The van der Waals surface area contributed by atoms with Crippen LogP contribution >= 0.6 is 23.4 Å². The largest absolute Gasteiger partial charge is 0.350 e. The van der Waals surface area contributed by atoms with Gasteiger partial charge in [-0.05, 0) is 73.9 Å². The first-order valence-electron chi connectivity index (χ1n) is 10.4. The summed E-state index contributed by atoms with van der Waals surface area (Å²) in [6, 6.07) is 20.8. The average Bonchev–Trinajstić information content (AvgIpc) is 3.00. The molecule has 1 aliphatic rings. The zero-order valence-electron chi connectivity index (χ0n) is 18.1. The van der Waals surface area contributed by atoms with Gasteiger partial charge < -0.3 is 5.32 Å². The minimum Gasteiger partial charge on any atom is -0.350 e. The van der Waals surface area contributed by atoms with Crippen LogP contribution in [0.4, 0.5) is 11.4 Å². The van der Waals surface area contributed by atoms with Crippen molar-refractivity contribution in [1.29, 1.82) is 0 Å². The highest BCUT2D eigenvalue weighted by molar-refractivity contribution is 8.04. The molecule has 0 saturated heterocycles. The van der Waals surface area contributed by atoms with E-state index >= 15 is 0 Å². The fraction of sp³-hybridized carbons (Fsp3) is 0.154. The van der Waals surface area contributed by atoms with Crippen LogP contribution in [0, 0.1) is 13.8 Å². The number of nitrogens with one attached hydrogen (secondary N) is 1. The first-order chi connectivity index (χ1) is 15.4. The summed E-state index contributed by atoms with van der Waals surface area (Å²) >= 11 is 7.27. The van der Waals surface area contributed by atoms with Crippen LogP contribution in [0.5, 0.6) is 0 Å². The average molecular weight is 463 g/mol. The molecule has 0 bridgehead atoms. The number of thioether (sulfide) groups is 1. The van der Waals surface area contributed by atoms with Crippen LogP contribution in [0.2, 0.25) is 5.02 Å². The molecule has 32 heavy (non-hydrogen) atoms. The Morgan fingerprint density at radius 1 is 0.906 bits per heavy atom. The van der Waals surface area contributed by atoms with E-state index in [9.17, 15) is 9.59 Å². The number of rotatable bonds is 6. The molecule has 6 heteroatoms. The van der Waals surface area contributed by atoms with Gasteiger partial charge in [0, 0.05) is 15.6 Å². The molecule has 0 unspecified atom stereocenters. The molecular weight excluding hydrogens is 440 g/mol. The normalized spacial score (nSPS) is 13.8. The summed E-state index contributed by atoms with van der Waals surface area (Å²) in [5, 5.41) is 3.82. The van der Waals surface area contributed by atoms with Gasteiger partial charge in [-0.3, -0.25) is 9.59 Å². The number of imide groups is 1. The Hall–Kier alpha value is -3.02. The highest BCUT2D eigenvalue weighted by atomic mass is 35.5. The molecule has 4 rings (SSSR count). The van der Waals surface area contributed by atoms with Gasteiger partial charge >= 0.3 is 0 Å². The summed E-state index contributed by atoms with van der Waals surface area (Å²) in [5.74, 6) is -0.701. The van der Waals surface area contributed by atoms with Crippen molar-refractivity contribution in [2.75, 3.05) is 10.2 Å². The van der Waals surface area contributed by atoms with Gasteiger partial charge in [0.05, 0.1) is 5.69 Å². The molecule has 3 aromatic rings. The number of anilines is 2. The van der Waals surface area contributed by atoms with Gasteiger partial charge in [-0.25, -0.2) is 4.90 Å². The third kappa shape index (κ3) is 4.45. The molecule has 1 aliphatic heterocycles. The first-order valence-corrected chi connectivity index (χ1v) is 11.6. The maximum atomic E-state index is 13.5. The van der Waals surface area contributed by atoms with Gasteiger partial charge in [0.25, 0.3) is 11.8 Å². The number of amides is 2. The van der Waals surface area contributed by atoms with Crippen LogP contribution in [-0.2, 0) is 16.0 Å². The number of aryl methyl sites for hydroxylation is 3. The zero-order valence-corrected chi connectivity index (χ0v) is 19.7. The Labute approximate surface area is 197 Å². The molecular formula is C26H23ClN2O2S. The smallest absolute Gasteiger partial charge is 0.283 e. The molecule has 162 valence electrons. The van der Waals surface area contributed by atoms with Crippen molar-refractivity contribution in [1.82, 2.24) is 0 Å². The Bertz CT molecular complexity index is 1220. The number of benzene rings is 3. The standard InChI is InChI=1S/C26H23ClN2O2S/c1-4-18-6-10-20(11-7-18)28-23-24(32-21-12-8-19(27)9-13-21)26(31)29(25(23)30)22-14-5-16(2)15-17(22)3/h5-15,28H,4H2,1-3H3. The predicted octanol–water partition coefficient (Wildman–Crippen LogP) is 6.51. The monoisotopic (exact) mass is 462 g/mol. The van der Waals surface area contributed by atoms with E-state index in [-0.39, 0.29) is 17.5 Å². The summed E-state index contributed by atoms with van der Waals surface area (Å²) in [4.78, 5) is 29.4. The van der Waals surface area contributed by atoms with Crippen LogP contribution in [-0.4, -0.2) is 11.8 Å². The van der Waals surface area contributed by atoms with E-state index in [1.807, 2.05) is 68.4 Å². The van der Waals surface area contributed by atoms with Crippen LogP contribution in [0.3, 0.4) is 0 Å². The molecule has 3 aromatic carbocycles. The highest BCUT2D eigenvalue weighted by Gasteiger charge is 2.40. The van der Waals surface area contributed by atoms with Crippen LogP contribution in [0.1, 0.15) is 23.6 Å². The Morgan fingerprint density at radius 2 is 1.59 bits per heavy atom. The number of carbonyl (C=O) groups is 2. The van der Waals surface area contributed by atoms with Gasteiger partial charge in [0.15, 0.2) is 0 Å². The molecule has 1 heterocycles. The summed E-state index contributed by atoms with van der Waals surface area (Å²) in [6.07, 6.45) is 0.929. The maximum absolute atomic E-state index is 13.5. The summed E-state index contributed by atoms with van der Waals surface area (Å²) in [5.41, 5.74) is 4.78. The molecule has 0 radical (unpaired) electrons. The molecule has 2 amide bonds. The molecule has 0 spiro atoms. The van der Waals surface area contributed by atoms with E-state index in [1.165, 1.54) is 22.2 Å². The molecule has 0 saturated carbocycles. The Balaban J connectivity index is 1.74. The lowest BCUT2D eigenvalue weighted by Crippen LogP contribution is -2.33. The van der Waals surface area contributed by atoms with Crippen molar-refractivity contribution in [2.24, 2.45) is 0 Å². The Kier molecular flexibility index (Phi) is 6.40. The predicted molar refractivity (Wildman–Crippen MR) is 132 cm³/mol. The van der Waals surface area contributed by atoms with Gasteiger partial charge in [0.2, 0.25) is 0 Å². The van der Waals surface area contributed by atoms with Crippen LogP contribution < -0.4 is 10.2 Å². The number of halogens is 1. The number of hydrogen-bond acceptors (Lipinski definition) is 4. The second kappa shape index (κ2) is 9.23. The molecule has 0 fully saturated rings. The first kappa shape index (κ1) is 22.2. The van der Waals surface area contributed by atoms with Crippen molar-refractivity contribution in [2.45, 2.75) is 32.1 Å². The maximum Gasteiger partial charge on any atom is 0.283 e. The zero-order chi connectivity index (χ0) is 22.8. The van der Waals surface area contributed by atoms with Crippen molar-refractivity contribution in [3.8, 4) is 0 Å². The van der Waals surface area contributed by atoms with Gasteiger partial charge in [-0.1, -0.05) is 60.1 Å². The van der Waals surface area contributed by atoms with E-state index in [1.54, 1.807) is 12.1 Å². The lowest BCUT2D eigenvalue weighted by Gasteiger charge is -2.18. The lowest BCUT2D eigenvalue weighted by atomic mass is 10.1. The summed E-state index contributed by atoms with van der Waals surface area (Å²) < 4.78 is 0. The fourth-order valence-electron chi connectivity index (χ4n) is 3.58. The third-order valence-electron chi connectivity index (χ3n) is 5.30. The molecule has 0 aromatic heterocycles. The summed E-state index contributed by atoms with van der Waals surface area (Å²) in [7, 11) is 0. The Morgan fingerprint density at radius 3 is 2.22 bits per heavy atom. The van der Waals surface area contributed by atoms with Crippen LogP contribution in [0.25, 0.3) is 0 Å². The second-order valence-corrected chi connectivity index (χ2v) is 9.19.